The number of nitrogens with zero attached hydrogens (tertiary/aromatic N) is 1. The first-order valence-corrected chi connectivity index (χ1v) is 6.61. The quantitative estimate of drug-likeness (QED) is 0.891. The van der Waals surface area contributed by atoms with E-state index < -0.39 is 0 Å². The second-order valence-corrected chi connectivity index (χ2v) is 4.60. The second kappa shape index (κ2) is 7.24. The van der Waals surface area contributed by atoms with E-state index in [0.29, 0.717) is 0 Å². The van der Waals surface area contributed by atoms with E-state index in [-0.39, 0.29) is 24.4 Å². The van der Waals surface area contributed by atoms with Crippen molar-refractivity contribution in [3.63, 3.8) is 0 Å². The molecule has 1 heterocycles. The molecule has 0 aliphatic carbocycles. The Bertz CT molecular complexity index is 425. The lowest BCUT2D eigenvalue weighted by Gasteiger charge is -2.35. The van der Waals surface area contributed by atoms with Crippen LogP contribution in [0.4, 0.5) is 11.4 Å². The van der Waals surface area contributed by atoms with Gasteiger partial charge in [-0.15, -0.1) is 12.4 Å². The number of amides is 1. The Morgan fingerprint density at radius 3 is 2.95 bits per heavy atom. The van der Waals surface area contributed by atoms with Crippen molar-refractivity contribution in [3.8, 4) is 0 Å². The zero-order valence-corrected chi connectivity index (χ0v) is 12.3. The third-order valence-corrected chi connectivity index (χ3v) is 3.28. The maximum Gasteiger partial charge on any atom is 0.242 e. The van der Waals surface area contributed by atoms with Crippen LogP contribution in [0.15, 0.2) is 24.3 Å². The first-order chi connectivity index (χ1) is 8.74. The highest BCUT2D eigenvalue weighted by molar-refractivity contribution is 5.87. The smallest absolute Gasteiger partial charge is 0.242 e. The molecule has 1 aromatic rings. The summed E-state index contributed by atoms with van der Waals surface area (Å²) in [6.45, 7) is 6.51. The minimum Gasteiger partial charge on any atom is -0.382 e. The van der Waals surface area contributed by atoms with Crippen LogP contribution in [0, 0.1) is 0 Å². The SMILES string of the molecule is CCCNC(=O)C(C)N1CCNc2ccccc21.Cl. The lowest BCUT2D eigenvalue weighted by Crippen LogP contribution is -2.48. The number of benzene rings is 1. The molecule has 2 rings (SSSR count). The summed E-state index contributed by atoms with van der Waals surface area (Å²) in [5.41, 5.74) is 2.22. The third-order valence-electron chi connectivity index (χ3n) is 3.28. The van der Waals surface area contributed by atoms with Crippen LogP contribution in [0.25, 0.3) is 0 Å². The molecule has 0 bridgehead atoms. The Labute approximate surface area is 121 Å². The Morgan fingerprint density at radius 2 is 2.21 bits per heavy atom. The highest BCUT2D eigenvalue weighted by atomic mass is 35.5. The number of carbonyl (C=O) groups excluding carboxylic acids is 1. The molecule has 19 heavy (non-hydrogen) atoms. The summed E-state index contributed by atoms with van der Waals surface area (Å²) < 4.78 is 0. The van der Waals surface area contributed by atoms with Gasteiger partial charge in [0.15, 0.2) is 0 Å². The van der Waals surface area contributed by atoms with Crippen LogP contribution in [-0.2, 0) is 4.79 Å². The van der Waals surface area contributed by atoms with Crippen molar-refractivity contribution in [2.45, 2.75) is 26.3 Å². The van der Waals surface area contributed by atoms with E-state index in [9.17, 15) is 4.79 Å². The van der Waals surface area contributed by atoms with E-state index in [1.165, 1.54) is 0 Å². The first-order valence-electron chi connectivity index (χ1n) is 6.61. The van der Waals surface area contributed by atoms with E-state index >= 15 is 0 Å². The van der Waals surface area contributed by atoms with E-state index in [0.717, 1.165) is 37.4 Å². The van der Waals surface area contributed by atoms with Crippen LogP contribution in [-0.4, -0.2) is 31.6 Å². The number of anilines is 2. The van der Waals surface area contributed by atoms with E-state index in [1.807, 2.05) is 19.1 Å². The Kier molecular flexibility index (Phi) is 5.96. The van der Waals surface area contributed by atoms with Crippen molar-refractivity contribution >= 4 is 29.7 Å². The minimum atomic E-state index is -0.125. The largest absolute Gasteiger partial charge is 0.382 e. The van der Waals surface area contributed by atoms with Crippen molar-refractivity contribution in [2.75, 3.05) is 29.9 Å². The van der Waals surface area contributed by atoms with E-state index in [1.54, 1.807) is 0 Å². The van der Waals surface area contributed by atoms with Gasteiger partial charge in [0.05, 0.1) is 11.4 Å². The monoisotopic (exact) mass is 283 g/mol. The predicted octanol–water partition coefficient (Wildman–Crippen LogP) is 2.26. The molecule has 0 radical (unpaired) electrons. The maximum absolute atomic E-state index is 12.0. The Morgan fingerprint density at radius 1 is 1.47 bits per heavy atom. The molecule has 106 valence electrons. The number of carbonyl (C=O) groups is 1. The summed E-state index contributed by atoms with van der Waals surface area (Å²) in [5, 5.41) is 6.32. The van der Waals surface area contributed by atoms with Gasteiger partial charge in [0.25, 0.3) is 0 Å². The van der Waals surface area contributed by atoms with Gasteiger partial charge in [-0.2, -0.15) is 0 Å². The average Bonchev–Trinajstić information content (AvgIpc) is 2.43. The van der Waals surface area contributed by atoms with Gasteiger partial charge >= 0.3 is 0 Å². The van der Waals surface area contributed by atoms with Crippen molar-refractivity contribution in [3.05, 3.63) is 24.3 Å². The van der Waals surface area contributed by atoms with Crippen LogP contribution >= 0.6 is 12.4 Å². The van der Waals surface area contributed by atoms with E-state index in [2.05, 4.69) is 34.6 Å². The Hall–Kier alpha value is -1.42. The molecule has 0 saturated carbocycles. The van der Waals surface area contributed by atoms with Crippen LogP contribution < -0.4 is 15.5 Å². The molecule has 2 N–H and O–H groups in total. The van der Waals surface area contributed by atoms with Gasteiger partial charge in [0.2, 0.25) is 5.91 Å². The van der Waals surface area contributed by atoms with Crippen LogP contribution in [0.1, 0.15) is 20.3 Å². The number of para-hydroxylation sites is 2. The van der Waals surface area contributed by atoms with Gasteiger partial charge in [-0.25, -0.2) is 0 Å². The lowest BCUT2D eigenvalue weighted by atomic mass is 10.1. The molecule has 1 unspecified atom stereocenters. The summed E-state index contributed by atoms with van der Waals surface area (Å²) >= 11 is 0. The van der Waals surface area contributed by atoms with Gasteiger partial charge in [0, 0.05) is 19.6 Å². The zero-order valence-electron chi connectivity index (χ0n) is 11.5. The van der Waals surface area contributed by atoms with Crippen molar-refractivity contribution in [1.29, 1.82) is 0 Å². The van der Waals surface area contributed by atoms with Gasteiger partial charge in [-0.05, 0) is 25.5 Å². The highest BCUT2D eigenvalue weighted by Gasteiger charge is 2.25. The van der Waals surface area contributed by atoms with Crippen molar-refractivity contribution in [2.24, 2.45) is 0 Å². The maximum atomic E-state index is 12.0. The number of hydrogen-bond acceptors (Lipinski definition) is 3. The number of fused-ring (bicyclic) bond motifs is 1. The molecule has 0 spiro atoms. The number of rotatable bonds is 4. The number of nitrogens with one attached hydrogen (secondary N) is 2. The standard InChI is InChI=1S/C14H21N3O.ClH/c1-3-8-16-14(18)11(2)17-10-9-15-12-6-4-5-7-13(12)17;/h4-7,11,15H,3,8-10H2,1-2H3,(H,16,18);1H. The number of hydrogen-bond donors (Lipinski definition) is 2. The molecule has 4 nitrogen and oxygen atoms in total. The van der Waals surface area contributed by atoms with Gasteiger partial charge in [-0.3, -0.25) is 4.79 Å². The van der Waals surface area contributed by atoms with E-state index in [4.69, 9.17) is 0 Å². The van der Waals surface area contributed by atoms with Gasteiger partial charge in [0.1, 0.15) is 6.04 Å². The van der Waals surface area contributed by atoms with Crippen molar-refractivity contribution < 1.29 is 4.79 Å². The molecule has 0 aromatic heterocycles. The predicted molar refractivity (Wildman–Crippen MR) is 82.3 cm³/mol. The highest BCUT2D eigenvalue weighted by Crippen LogP contribution is 2.29. The molecule has 1 atom stereocenters. The fraction of sp³-hybridized carbons (Fsp3) is 0.500. The normalized spacial score (nSPS) is 14.7. The molecule has 0 saturated heterocycles. The van der Waals surface area contributed by atoms with Crippen LogP contribution in [0.2, 0.25) is 0 Å². The summed E-state index contributed by atoms with van der Waals surface area (Å²) in [6.07, 6.45) is 0.969. The van der Waals surface area contributed by atoms with Crippen LogP contribution in [0.5, 0.6) is 0 Å². The zero-order chi connectivity index (χ0) is 13.0. The van der Waals surface area contributed by atoms with Crippen molar-refractivity contribution in [1.82, 2.24) is 5.32 Å². The molecule has 1 aliphatic heterocycles. The fourth-order valence-corrected chi connectivity index (χ4v) is 2.24. The summed E-state index contributed by atoms with van der Waals surface area (Å²) in [7, 11) is 0. The first kappa shape index (κ1) is 15.6. The Balaban J connectivity index is 0.00000180. The molecular formula is C14H22ClN3O. The van der Waals surface area contributed by atoms with Gasteiger partial charge < -0.3 is 15.5 Å². The molecule has 1 amide bonds. The fourth-order valence-electron chi connectivity index (χ4n) is 2.24. The third kappa shape index (κ3) is 3.53. The molecule has 1 aliphatic rings. The second-order valence-electron chi connectivity index (χ2n) is 4.60. The minimum absolute atomic E-state index is 0. The lowest BCUT2D eigenvalue weighted by molar-refractivity contribution is -0.122. The summed E-state index contributed by atoms with van der Waals surface area (Å²) in [5.74, 6) is 0.105. The molecule has 5 heteroatoms. The van der Waals surface area contributed by atoms with Crippen LogP contribution in [0.3, 0.4) is 0 Å². The number of halogens is 1. The summed E-state index contributed by atoms with van der Waals surface area (Å²) in [4.78, 5) is 14.2. The van der Waals surface area contributed by atoms with Gasteiger partial charge in [-0.1, -0.05) is 19.1 Å². The molecule has 0 fully saturated rings. The summed E-state index contributed by atoms with van der Waals surface area (Å²) in [6, 6.07) is 8.01. The topological polar surface area (TPSA) is 44.4 Å². The molecular weight excluding hydrogens is 262 g/mol. The molecule has 1 aromatic carbocycles. The average molecular weight is 284 g/mol.